The molecule has 10 rings (SSSR count). The zero-order valence-electron chi connectivity index (χ0n) is 30.0. The van der Waals surface area contributed by atoms with Crippen molar-refractivity contribution < 1.29 is 0 Å². The number of anilines is 6. The quantitative estimate of drug-likeness (QED) is 0.164. The number of thiophene rings is 1. The lowest BCUT2D eigenvalue weighted by molar-refractivity contribution is 1.16. The molecule has 0 aliphatic carbocycles. The Hall–Kier alpha value is -7.64. The van der Waals surface area contributed by atoms with Gasteiger partial charge in [-0.05, 0) is 109 Å². The summed E-state index contributed by atoms with van der Waals surface area (Å²) >= 11 is 1.85. The summed E-state index contributed by atoms with van der Waals surface area (Å²) in [5.74, 6) is 0. The van der Waals surface area contributed by atoms with Crippen molar-refractivity contribution in [2.24, 2.45) is 0 Å². The number of rotatable bonds is 7. The van der Waals surface area contributed by atoms with Crippen LogP contribution in [0, 0.1) is 22.7 Å². The number of para-hydroxylation sites is 3. The summed E-state index contributed by atoms with van der Waals surface area (Å²) in [6.45, 7) is 0. The summed E-state index contributed by atoms with van der Waals surface area (Å²) in [5.41, 5.74) is 10.2. The van der Waals surface area contributed by atoms with E-state index in [1.807, 2.05) is 96.3 Å². The van der Waals surface area contributed by atoms with Crippen LogP contribution in [-0.2, 0) is 0 Å². The molecule has 262 valence electrons. The van der Waals surface area contributed by atoms with Gasteiger partial charge in [0, 0.05) is 53.7 Å². The molecule has 0 bridgehead atoms. The Morgan fingerprint density at radius 1 is 0.411 bits per heavy atom. The van der Waals surface area contributed by atoms with Crippen molar-refractivity contribution in [2.45, 2.75) is 0 Å². The SMILES string of the molecule is N#Cc1ccc(N(c2ccccc2)c2cc(N(c3ccccc3)c3ccc(C#N)cc3)cc(-n3c4ccccc4c4c5sc6ccccc6c5ccc43)c2)cc1. The molecule has 0 saturated carbocycles. The van der Waals surface area contributed by atoms with Crippen LogP contribution in [0.3, 0.4) is 0 Å². The molecule has 0 N–H and O–H groups in total. The van der Waals surface area contributed by atoms with Gasteiger partial charge in [-0.1, -0.05) is 78.9 Å². The number of hydrogen-bond acceptors (Lipinski definition) is 5. The van der Waals surface area contributed by atoms with Crippen molar-refractivity contribution in [3.05, 3.63) is 199 Å². The molecular formula is C50H31N5S. The minimum Gasteiger partial charge on any atom is -0.310 e. The molecule has 0 unspecified atom stereocenters. The van der Waals surface area contributed by atoms with Gasteiger partial charge in [0.1, 0.15) is 0 Å². The van der Waals surface area contributed by atoms with Crippen LogP contribution in [0.5, 0.6) is 0 Å². The lowest BCUT2D eigenvalue weighted by Gasteiger charge is -2.30. The number of fused-ring (bicyclic) bond motifs is 7. The second kappa shape index (κ2) is 13.6. The Kier molecular flexibility index (Phi) is 8.03. The summed E-state index contributed by atoms with van der Waals surface area (Å²) in [6, 6.07) is 69.4. The van der Waals surface area contributed by atoms with E-state index in [1.165, 1.54) is 30.9 Å². The largest absolute Gasteiger partial charge is 0.310 e. The molecule has 0 saturated heterocycles. The van der Waals surface area contributed by atoms with Gasteiger partial charge in [-0.25, -0.2) is 0 Å². The van der Waals surface area contributed by atoms with E-state index in [-0.39, 0.29) is 0 Å². The van der Waals surface area contributed by atoms with Crippen molar-refractivity contribution in [1.82, 2.24) is 4.57 Å². The second-order valence-corrected chi connectivity index (χ2v) is 14.7. The predicted molar refractivity (Wildman–Crippen MR) is 232 cm³/mol. The third-order valence-electron chi connectivity index (χ3n) is 10.4. The molecule has 10 aromatic rings. The Balaban J connectivity index is 1.30. The Bertz CT molecular complexity index is 3030. The van der Waals surface area contributed by atoms with Crippen molar-refractivity contribution in [1.29, 1.82) is 10.5 Å². The van der Waals surface area contributed by atoms with E-state index in [2.05, 4.69) is 130 Å². The van der Waals surface area contributed by atoms with Crippen LogP contribution in [0.1, 0.15) is 11.1 Å². The number of aromatic nitrogens is 1. The molecule has 0 atom stereocenters. The first-order valence-corrected chi connectivity index (χ1v) is 19.2. The molecule has 0 spiro atoms. The maximum atomic E-state index is 9.68. The number of nitrogens with zero attached hydrogens (tertiary/aromatic N) is 5. The van der Waals surface area contributed by atoms with Crippen LogP contribution >= 0.6 is 11.3 Å². The van der Waals surface area contributed by atoms with E-state index < -0.39 is 0 Å². The smallest absolute Gasteiger partial charge is 0.0991 e. The van der Waals surface area contributed by atoms with Crippen LogP contribution in [0.25, 0.3) is 47.7 Å². The second-order valence-electron chi connectivity index (χ2n) is 13.7. The summed E-state index contributed by atoms with van der Waals surface area (Å²) in [7, 11) is 0. The minimum absolute atomic E-state index is 0.602. The summed E-state index contributed by atoms with van der Waals surface area (Å²) in [4.78, 5) is 4.49. The fourth-order valence-corrected chi connectivity index (χ4v) is 9.16. The van der Waals surface area contributed by atoms with Crippen LogP contribution in [0.2, 0.25) is 0 Å². The third-order valence-corrected chi connectivity index (χ3v) is 11.6. The molecule has 0 aliphatic heterocycles. The molecule has 0 radical (unpaired) electrons. The molecule has 0 aliphatic rings. The lowest BCUT2D eigenvalue weighted by Crippen LogP contribution is -2.14. The van der Waals surface area contributed by atoms with Gasteiger partial charge in [0.15, 0.2) is 0 Å². The van der Waals surface area contributed by atoms with Gasteiger partial charge in [-0.3, -0.25) is 0 Å². The predicted octanol–water partition coefficient (Wildman–Crippen LogP) is 13.8. The van der Waals surface area contributed by atoms with Gasteiger partial charge in [-0.2, -0.15) is 10.5 Å². The van der Waals surface area contributed by atoms with E-state index in [0.29, 0.717) is 11.1 Å². The van der Waals surface area contributed by atoms with Crippen molar-refractivity contribution >= 4 is 87.4 Å². The highest BCUT2D eigenvalue weighted by Crippen LogP contribution is 2.46. The average Bonchev–Trinajstić information content (AvgIpc) is 3.81. The third kappa shape index (κ3) is 5.53. The summed E-state index contributed by atoms with van der Waals surface area (Å²) < 4.78 is 4.95. The van der Waals surface area contributed by atoms with E-state index in [4.69, 9.17) is 0 Å². The number of benzene rings is 8. The highest BCUT2D eigenvalue weighted by Gasteiger charge is 2.22. The molecule has 6 heteroatoms. The van der Waals surface area contributed by atoms with Gasteiger partial charge >= 0.3 is 0 Å². The number of hydrogen-bond donors (Lipinski definition) is 0. The fourth-order valence-electron chi connectivity index (χ4n) is 7.90. The highest BCUT2D eigenvalue weighted by molar-refractivity contribution is 7.26. The minimum atomic E-state index is 0.602. The van der Waals surface area contributed by atoms with Crippen LogP contribution in [0.15, 0.2) is 188 Å². The van der Waals surface area contributed by atoms with Crippen molar-refractivity contribution in [2.75, 3.05) is 9.80 Å². The van der Waals surface area contributed by atoms with Gasteiger partial charge < -0.3 is 14.4 Å². The molecule has 0 fully saturated rings. The molecule has 5 nitrogen and oxygen atoms in total. The van der Waals surface area contributed by atoms with E-state index in [9.17, 15) is 10.5 Å². The maximum absolute atomic E-state index is 9.68. The fraction of sp³-hybridized carbons (Fsp3) is 0. The van der Waals surface area contributed by atoms with Crippen molar-refractivity contribution in [3.63, 3.8) is 0 Å². The van der Waals surface area contributed by atoms with E-state index >= 15 is 0 Å². The first kappa shape index (κ1) is 33.0. The van der Waals surface area contributed by atoms with Crippen LogP contribution in [-0.4, -0.2) is 4.57 Å². The Morgan fingerprint density at radius 3 is 1.48 bits per heavy atom. The molecule has 56 heavy (non-hydrogen) atoms. The molecular weight excluding hydrogens is 703 g/mol. The Labute approximate surface area is 328 Å². The maximum Gasteiger partial charge on any atom is 0.0991 e. The van der Waals surface area contributed by atoms with E-state index in [0.717, 1.165) is 50.8 Å². The van der Waals surface area contributed by atoms with E-state index in [1.54, 1.807) is 0 Å². The van der Waals surface area contributed by atoms with Gasteiger partial charge in [0.05, 0.1) is 51.4 Å². The highest BCUT2D eigenvalue weighted by atomic mass is 32.1. The molecule has 0 amide bonds. The average molecular weight is 734 g/mol. The zero-order valence-corrected chi connectivity index (χ0v) is 30.9. The standard InChI is InChI=1S/C50H31N5S/c51-32-34-19-23-38(24-20-34)53(36-11-3-1-4-12-36)40-29-41(54(37-13-5-2-6-14-37)39-25-21-35(33-52)22-26-39)31-42(30-40)55-46-17-9-7-16-45(46)49-47(55)28-27-44-43-15-8-10-18-48(43)56-50(44)49/h1-31H. The number of nitriles is 2. The van der Waals surface area contributed by atoms with Crippen molar-refractivity contribution in [3.8, 4) is 17.8 Å². The zero-order chi connectivity index (χ0) is 37.6. The summed E-state index contributed by atoms with van der Waals surface area (Å²) in [5, 5.41) is 24.3. The van der Waals surface area contributed by atoms with Crippen LogP contribution in [0.4, 0.5) is 34.1 Å². The summed E-state index contributed by atoms with van der Waals surface area (Å²) in [6.07, 6.45) is 0. The molecule has 2 aromatic heterocycles. The Morgan fingerprint density at radius 2 is 0.911 bits per heavy atom. The van der Waals surface area contributed by atoms with Crippen LogP contribution < -0.4 is 9.80 Å². The first-order chi connectivity index (χ1) is 27.7. The van der Waals surface area contributed by atoms with Gasteiger partial charge in [0.25, 0.3) is 0 Å². The monoisotopic (exact) mass is 733 g/mol. The normalized spacial score (nSPS) is 11.2. The van der Waals surface area contributed by atoms with Gasteiger partial charge in [-0.15, -0.1) is 11.3 Å². The molecule has 8 aromatic carbocycles. The lowest BCUT2D eigenvalue weighted by atomic mass is 10.1. The topological polar surface area (TPSA) is 59.0 Å². The first-order valence-electron chi connectivity index (χ1n) is 18.4. The molecule has 2 heterocycles. The van der Waals surface area contributed by atoms with Gasteiger partial charge in [0.2, 0.25) is 0 Å².